The van der Waals surface area contributed by atoms with Crippen molar-refractivity contribution in [3.05, 3.63) is 23.8 Å². The maximum absolute atomic E-state index is 11.3. The van der Waals surface area contributed by atoms with Gasteiger partial charge < -0.3 is 9.64 Å². The molecule has 1 heterocycles. The van der Waals surface area contributed by atoms with Crippen molar-refractivity contribution in [3.8, 4) is 5.75 Å². The van der Waals surface area contributed by atoms with E-state index in [2.05, 4.69) is 30.9 Å². The van der Waals surface area contributed by atoms with Crippen molar-refractivity contribution < 1.29 is 9.53 Å². The van der Waals surface area contributed by atoms with Crippen LogP contribution in [0.2, 0.25) is 0 Å². The number of nitrogens with zero attached hydrogens (tertiary/aromatic N) is 1. The first-order valence-corrected chi connectivity index (χ1v) is 6.83. The van der Waals surface area contributed by atoms with Gasteiger partial charge in [-0.15, -0.1) is 0 Å². The van der Waals surface area contributed by atoms with Crippen molar-refractivity contribution in [3.63, 3.8) is 0 Å². The maximum atomic E-state index is 11.3. The Morgan fingerprint density at radius 3 is 2.56 bits per heavy atom. The second kappa shape index (κ2) is 5.89. The van der Waals surface area contributed by atoms with Crippen LogP contribution in [0.1, 0.15) is 38.7 Å². The van der Waals surface area contributed by atoms with Gasteiger partial charge in [0.2, 0.25) is 0 Å². The molecule has 3 heteroatoms. The fraction of sp³-hybridized carbons (Fsp3) is 0.533. The Morgan fingerprint density at radius 2 is 1.89 bits per heavy atom. The molecule has 0 saturated carbocycles. The van der Waals surface area contributed by atoms with Crippen LogP contribution in [-0.4, -0.2) is 19.1 Å². The molecule has 1 aliphatic rings. The van der Waals surface area contributed by atoms with Gasteiger partial charge in [-0.3, -0.25) is 4.79 Å². The number of aryl methyl sites for hydroxylation is 1. The Kier molecular flexibility index (Phi) is 4.24. The van der Waals surface area contributed by atoms with Crippen LogP contribution in [0.15, 0.2) is 18.2 Å². The Morgan fingerprint density at radius 1 is 1.17 bits per heavy atom. The Balaban J connectivity index is 2.22. The van der Waals surface area contributed by atoms with Gasteiger partial charge in [-0.25, -0.2) is 0 Å². The van der Waals surface area contributed by atoms with E-state index in [0.717, 1.165) is 49.4 Å². The molecule has 0 fully saturated rings. The second-order valence-corrected chi connectivity index (χ2v) is 4.75. The maximum Gasteiger partial charge on any atom is 0.311 e. The van der Waals surface area contributed by atoms with E-state index in [1.54, 1.807) is 0 Å². The average molecular weight is 247 g/mol. The SMILES string of the molecule is CCCN(CCC)c1ccc2c(c1)OC(=O)CC2. The van der Waals surface area contributed by atoms with Gasteiger partial charge in [0.15, 0.2) is 0 Å². The highest BCUT2D eigenvalue weighted by Gasteiger charge is 2.18. The van der Waals surface area contributed by atoms with Gasteiger partial charge in [-0.05, 0) is 30.9 Å². The molecule has 3 nitrogen and oxygen atoms in total. The average Bonchev–Trinajstić information content (AvgIpc) is 2.37. The molecular weight excluding hydrogens is 226 g/mol. The van der Waals surface area contributed by atoms with Crippen LogP contribution >= 0.6 is 0 Å². The molecule has 0 amide bonds. The zero-order valence-corrected chi connectivity index (χ0v) is 11.2. The van der Waals surface area contributed by atoms with E-state index in [9.17, 15) is 4.79 Å². The molecule has 0 N–H and O–H groups in total. The van der Waals surface area contributed by atoms with Gasteiger partial charge >= 0.3 is 5.97 Å². The summed E-state index contributed by atoms with van der Waals surface area (Å²) in [6.07, 6.45) is 3.55. The summed E-state index contributed by atoms with van der Waals surface area (Å²) >= 11 is 0. The summed E-state index contributed by atoms with van der Waals surface area (Å²) in [4.78, 5) is 13.7. The Bertz CT molecular complexity index is 423. The van der Waals surface area contributed by atoms with E-state index in [1.165, 1.54) is 0 Å². The van der Waals surface area contributed by atoms with Crippen LogP contribution in [0.3, 0.4) is 0 Å². The molecular formula is C15H21NO2. The van der Waals surface area contributed by atoms with Crippen LogP contribution in [-0.2, 0) is 11.2 Å². The molecule has 2 rings (SSSR count). The number of ether oxygens (including phenoxy) is 1. The number of benzene rings is 1. The lowest BCUT2D eigenvalue weighted by atomic mass is 10.1. The summed E-state index contributed by atoms with van der Waals surface area (Å²) < 4.78 is 5.31. The van der Waals surface area contributed by atoms with Gasteiger partial charge in [0.25, 0.3) is 0 Å². The molecule has 0 aliphatic carbocycles. The van der Waals surface area contributed by atoms with Gasteiger partial charge in [0, 0.05) is 24.8 Å². The molecule has 0 radical (unpaired) electrons. The first-order chi connectivity index (χ1) is 8.74. The third-order valence-corrected chi connectivity index (χ3v) is 3.23. The number of esters is 1. The number of carbonyl (C=O) groups is 1. The quantitative estimate of drug-likeness (QED) is 0.591. The normalized spacial score (nSPS) is 14.0. The van der Waals surface area contributed by atoms with E-state index in [0.29, 0.717) is 6.42 Å². The van der Waals surface area contributed by atoms with Crippen LogP contribution in [0.5, 0.6) is 5.75 Å². The molecule has 0 spiro atoms. The Hall–Kier alpha value is -1.51. The van der Waals surface area contributed by atoms with E-state index in [-0.39, 0.29) is 5.97 Å². The van der Waals surface area contributed by atoms with Crippen molar-refractivity contribution in [2.45, 2.75) is 39.5 Å². The minimum absolute atomic E-state index is 0.114. The van der Waals surface area contributed by atoms with E-state index < -0.39 is 0 Å². The molecule has 0 bridgehead atoms. The topological polar surface area (TPSA) is 29.5 Å². The van der Waals surface area contributed by atoms with E-state index in [1.807, 2.05) is 6.07 Å². The lowest BCUT2D eigenvalue weighted by Gasteiger charge is -2.25. The summed E-state index contributed by atoms with van der Waals surface area (Å²) in [7, 11) is 0. The fourth-order valence-electron chi connectivity index (χ4n) is 2.36. The largest absolute Gasteiger partial charge is 0.426 e. The lowest BCUT2D eigenvalue weighted by Crippen LogP contribution is -2.25. The molecule has 98 valence electrons. The number of hydrogen-bond acceptors (Lipinski definition) is 3. The van der Waals surface area contributed by atoms with Gasteiger partial charge in [0.1, 0.15) is 5.75 Å². The van der Waals surface area contributed by atoms with Gasteiger partial charge in [-0.1, -0.05) is 19.9 Å². The molecule has 18 heavy (non-hydrogen) atoms. The summed E-state index contributed by atoms with van der Waals surface area (Å²) in [5.41, 5.74) is 2.30. The molecule has 0 unspecified atom stereocenters. The van der Waals surface area contributed by atoms with Crippen molar-refractivity contribution in [1.82, 2.24) is 0 Å². The number of carbonyl (C=O) groups excluding carboxylic acids is 1. The smallest absolute Gasteiger partial charge is 0.311 e. The highest BCUT2D eigenvalue weighted by Crippen LogP contribution is 2.30. The van der Waals surface area contributed by atoms with Crippen LogP contribution in [0.25, 0.3) is 0 Å². The van der Waals surface area contributed by atoms with Crippen molar-refractivity contribution in [1.29, 1.82) is 0 Å². The molecule has 0 aromatic heterocycles. The molecule has 1 aliphatic heterocycles. The van der Waals surface area contributed by atoms with Crippen molar-refractivity contribution in [2.24, 2.45) is 0 Å². The zero-order valence-electron chi connectivity index (χ0n) is 11.2. The summed E-state index contributed by atoms with van der Waals surface area (Å²) in [6, 6.07) is 6.25. The highest BCUT2D eigenvalue weighted by atomic mass is 16.5. The van der Waals surface area contributed by atoms with E-state index >= 15 is 0 Å². The number of anilines is 1. The zero-order chi connectivity index (χ0) is 13.0. The first-order valence-electron chi connectivity index (χ1n) is 6.83. The number of fused-ring (bicyclic) bond motifs is 1. The molecule has 1 aromatic carbocycles. The van der Waals surface area contributed by atoms with E-state index in [4.69, 9.17) is 4.74 Å². The first kappa shape index (κ1) is 12.9. The van der Waals surface area contributed by atoms with Crippen LogP contribution < -0.4 is 9.64 Å². The molecule has 0 saturated heterocycles. The standard InChI is InChI=1S/C15H21NO2/c1-3-9-16(10-4-2)13-7-5-12-6-8-15(17)18-14(12)11-13/h5,7,11H,3-4,6,8-10H2,1-2H3. The fourth-order valence-corrected chi connectivity index (χ4v) is 2.36. The monoisotopic (exact) mass is 247 g/mol. The summed E-state index contributed by atoms with van der Waals surface area (Å²) in [5, 5.41) is 0. The lowest BCUT2D eigenvalue weighted by molar-refractivity contribution is -0.135. The second-order valence-electron chi connectivity index (χ2n) is 4.75. The third-order valence-electron chi connectivity index (χ3n) is 3.23. The third kappa shape index (κ3) is 2.84. The Labute approximate surface area is 109 Å². The minimum Gasteiger partial charge on any atom is -0.426 e. The number of rotatable bonds is 5. The van der Waals surface area contributed by atoms with Gasteiger partial charge in [0.05, 0.1) is 6.42 Å². The van der Waals surface area contributed by atoms with Crippen molar-refractivity contribution >= 4 is 11.7 Å². The van der Waals surface area contributed by atoms with Gasteiger partial charge in [-0.2, -0.15) is 0 Å². The molecule has 0 atom stereocenters. The van der Waals surface area contributed by atoms with Crippen LogP contribution in [0, 0.1) is 0 Å². The minimum atomic E-state index is -0.114. The number of hydrogen-bond donors (Lipinski definition) is 0. The summed E-state index contributed by atoms with van der Waals surface area (Å²) in [6.45, 7) is 6.45. The van der Waals surface area contributed by atoms with Crippen molar-refractivity contribution in [2.75, 3.05) is 18.0 Å². The predicted octanol–water partition coefficient (Wildman–Crippen LogP) is 3.16. The predicted molar refractivity (Wildman–Crippen MR) is 73.2 cm³/mol. The highest BCUT2D eigenvalue weighted by molar-refractivity contribution is 5.76. The van der Waals surface area contributed by atoms with Crippen LogP contribution in [0.4, 0.5) is 5.69 Å². The summed E-state index contributed by atoms with van der Waals surface area (Å²) in [5.74, 6) is 0.637. The molecule has 1 aromatic rings.